The van der Waals surface area contributed by atoms with E-state index in [1.807, 2.05) is 36.4 Å². The third-order valence-electron chi connectivity index (χ3n) is 13.0. The molecule has 16 heteroatoms. The molecule has 0 radical (unpaired) electrons. The van der Waals surface area contributed by atoms with E-state index < -0.39 is 32.1 Å². The van der Waals surface area contributed by atoms with Gasteiger partial charge >= 0.3 is 12.1 Å². The molecule has 392 valence electrons. The Bertz CT molecular complexity index is 2800. The Balaban J connectivity index is 1.32. The topological polar surface area (TPSA) is 209 Å². The number of phenols is 2. The molecule has 74 heavy (non-hydrogen) atoms. The molecule has 0 saturated carbocycles. The maximum absolute atomic E-state index is 13.5. The van der Waals surface area contributed by atoms with Crippen molar-refractivity contribution in [2.24, 2.45) is 0 Å². The third-order valence-corrected chi connectivity index (χ3v) is 15.7. The summed E-state index contributed by atoms with van der Waals surface area (Å²) < 4.78 is 70.5. The van der Waals surface area contributed by atoms with E-state index in [1.54, 1.807) is 60.7 Å². The van der Waals surface area contributed by atoms with Crippen molar-refractivity contribution in [1.29, 1.82) is 0 Å². The van der Waals surface area contributed by atoms with Gasteiger partial charge in [0.25, 0.3) is 20.0 Å². The Morgan fingerprint density at radius 3 is 1.07 bits per heavy atom. The summed E-state index contributed by atoms with van der Waals surface area (Å²) in [4.78, 5) is 26.9. The number of aromatic hydroxyl groups is 2. The van der Waals surface area contributed by atoms with Gasteiger partial charge in [0, 0.05) is 59.3 Å². The maximum atomic E-state index is 13.5. The van der Waals surface area contributed by atoms with Crippen LogP contribution in [0.1, 0.15) is 135 Å². The lowest BCUT2D eigenvalue weighted by Crippen LogP contribution is -2.34. The average molecular weight is 1050 g/mol. The van der Waals surface area contributed by atoms with Gasteiger partial charge in [0.05, 0.1) is 23.0 Å². The van der Waals surface area contributed by atoms with Crippen LogP contribution in [0, 0.1) is 0 Å². The summed E-state index contributed by atoms with van der Waals surface area (Å²) in [6, 6.07) is 30.9. The second-order valence-electron chi connectivity index (χ2n) is 18.8. The summed E-state index contributed by atoms with van der Waals surface area (Å²) in [6.07, 6.45) is 12.9. The second-order valence-corrected chi connectivity index (χ2v) is 22.1. The van der Waals surface area contributed by atoms with Crippen molar-refractivity contribution in [2.45, 2.75) is 126 Å². The number of nitrogens with one attached hydrogen (secondary N) is 4. The van der Waals surface area contributed by atoms with E-state index >= 15 is 0 Å². The summed E-state index contributed by atoms with van der Waals surface area (Å²) in [5.41, 5.74) is 4.97. The van der Waals surface area contributed by atoms with E-state index in [9.17, 15) is 36.6 Å². The lowest BCUT2D eigenvalue weighted by Gasteiger charge is -2.22. The number of sulfonamides is 2. The SMILES string of the molecule is CCCCCCCCOc1c2cccc1Cc1cc(NC(=O)NS(=O)(=O)c3ccccc3)cc(c1O)Cc1cccc(c1OCCCCCCCC)Cc1cc(NC(=O)NS(=O)(=O)c3ccccc3)cc(c1O)C2. The number of urea groups is 2. The Kier molecular flexibility index (Phi) is 19.4. The quantitative estimate of drug-likeness (QED) is 0.0279. The van der Waals surface area contributed by atoms with Crippen molar-refractivity contribution in [3.05, 3.63) is 166 Å². The lowest BCUT2D eigenvalue weighted by molar-refractivity contribution is 0.255. The molecule has 0 unspecified atom stereocenters. The monoisotopic (exact) mass is 1040 g/mol. The fourth-order valence-corrected chi connectivity index (χ4v) is 11.1. The predicted molar refractivity (Wildman–Crippen MR) is 290 cm³/mol. The number of amides is 4. The minimum Gasteiger partial charge on any atom is -0.507 e. The smallest absolute Gasteiger partial charge is 0.333 e. The minimum atomic E-state index is -4.23. The zero-order chi connectivity index (χ0) is 52.5. The number of anilines is 2. The summed E-state index contributed by atoms with van der Waals surface area (Å²) >= 11 is 0. The van der Waals surface area contributed by atoms with Crippen molar-refractivity contribution in [1.82, 2.24) is 9.44 Å². The van der Waals surface area contributed by atoms with Gasteiger partial charge in [0.1, 0.15) is 23.0 Å². The molecule has 6 aromatic carbocycles. The van der Waals surface area contributed by atoms with Crippen LogP contribution in [-0.4, -0.2) is 52.3 Å². The number of para-hydroxylation sites is 2. The summed E-state index contributed by atoms with van der Waals surface area (Å²) in [6.45, 7) is 5.11. The largest absolute Gasteiger partial charge is 0.507 e. The highest BCUT2D eigenvalue weighted by Crippen LogP contribution is 2.40. The number of hydrogen-bond donors (Lipinski definition) is 6. The van der Waals surface area contributed by atoms with Crippen LogP contribution in [0.4, 0.5) is 21.0 Å². The van der Waals surface area contributed by atoms with Crippen LogP contribution in [0.5, 0.6) is 23.0 Å². The van der Waals surface area contributed by atoms with E-state index in [0.29, 0.717) is 69.2 Å². The van der Waals surface area contributed by atoms with E-state index in [0.717, 1.165) is 77.0 Å². The molecule has 0 fully saturated rings. The fourth-order valence-electron chi connectivity index (χ4n) is 9.22. The van der Waals surface area contributed by atoms with E-state index in [2.05, 4.69) is 33.9 Å². The van der Waals surface area contributed by atoms with E-state index in [-0.39, 0.29) is 58.3 Å². The number of hydrogen-bond acceptors (Lipinski definition) is 10. The first-order chi connectivity index (χ1) is 35.7. The zero-order valence-corrected chi connectivity index (χ0v) is 43.9. The molecule has 0 aromatic heterocycles. The number of fused-ring (bicyclic) bond motifs is 8. The molecule has 0 aliphatic heterocycles. The maximum Gasteiger partial charge on any atom is 0.333 e. The molecule has 7 rings (SSSR count). The van der Waals surface area contributed by atoms with Crippen LogP contribution in [0.25, 0.3) is 0 Å². The Hall–Kier alpha value is -7.04. The van der Waals surface area contributed by atoms with Crippen LogP contribution in [-0.2, 0) is 45.7 Å². The van der Waals surface area contributed by atoms with Gasteiger partial charge in [-0.25, -0.2) is 35.9 Å². The molecule has 0 atom stereocenters. The molecule has 1 aliphatic rings. The number of carbonyl (C=O) groups excluding carboxylic acids is 2. The Labute approximate surface area is 436 Å². The van der Waals surface area contributed by atoms with Crippen LogP contribution < -0.4 is 29.6 Å². The van der Waals surface area contributed by atoms with Crippen LogP contribution in [0.3, 0.4) is 0 Å². The first-order valence-electron chi connectivity index (χ1n) is 25.7. The highest BCUT2D eigenvalue weighted by Gasteiger charge is 2.25. The summed E-state index contributed by atoms with van der Waals surface area (Å²) in [7, 11) is -8.45. The average Bonchev–Trinajstić information content (AvgIpc) is 3.37. The number of carbonyl (C=O) groups is 2. The first-order valence-corrected chi connectivity index (χ1v) is 28.7. The number of phenolic OH excluding ortho intramolecular Hbond substituents is 2. The molecule has 0 saturated heterocycles. The van der Waals surface area contributed by atoms with Gasteiger partial charge < -0.3 is 30.3 Å². The van der Waals surface area contributed by atoms with Gasteiger partial charge in [0.2, 0.25) is 0 Å². The Morgan fingerprint density at radius 1 is 0.432 bits per heavy atom. The van der Waals surface area contributed by atoms with E-state index in [4.69, 9.17) is 9.47 Å². The van der Waals surface area contributed by atoms with Crippen molar-refractivity contribution in [2.75, 3.05) is 23.8 Å². The molecule has 4 amide bonds. The van der Waals surface area contributed by atoms with Crippen molar-refractivity contribution < 1.29 is 46.1 Å². The van der Waals surface area contributed by atoms with Gasteiger partial charge in [-0.05, 0) is 83.6 Å². The molecule has 6 aromatic rings. The van der Waals surface area contributed by atoms with Gasteiger partial charge in [-0.1, -0.05) is 151 Å². The number of benzene rings is 6. The van der Waals surface area contributed by atoms with Gasteiger partial charge in [-0.2, -0.15) is 0 Å². The molecule has 0 spiro atoms. The molecule has 14 nitrogen and oxygen atoms in total. The van der Waals surface area contributed by atoms with Gasteiger partial charge in [-0.3, -0.25) is 0 Å². The highest BCUT2D eigenvalue weighted by molar-refractivity contribution is 7.90. The highest BCUT2D eigenvalue weighted by atomic mass is 32.2. The molecule has 1 aliphatic carbocycles. The van der Waals surface area contributed by atoms with Crippen molar-refractivity contribution in [3.8, 4) is 23.0 Å². The third kappa shape index (κ3) is 15.0. The number of ether oxygens (including phenoxy) is 2. The molecule has 6 N–H and O–H groups in total. The molecule has 0 heterocycles. The molecular formula is C58H68N4O10S2. The second kappa shape index (κ2) is 26.3. The van der Waals surface area contributed by atoms with Crippen molar-refractivity contribution in [3.63, 3.8) is 0 Å². The van der Waals surface area contributed by atoms with Crippen LogP contribution in [0.2, 0.25) is 0 Å². The predicted octanol–water partition coefficient (Wildman–Crippen LogP) is 12.3. The Morgan fingerprint density at radius 2 is 0.743 bits per heavy atom. The van der Waals surface area contributed by atoms with Crippen LogP contribution in [0.15, 0.2) is 131 Å². The fraction of sp³-hybridized carbons (Fsp3) is 0.345. The van der Waals surface area contributed by atoms with Crippen LogP contribution >= 0.6 is 0 Å². The lowest BCUT2D eigenvalue weighted by atomic mass is 9.91. The zero-order valence-electron chi connectivity index (χ0n) is 42.3. The summed E-state index contributed by atoms with van der Waals surface area (Å²) in [5, 5.41) is 30.0. The number of unbranched alkanes of at least 4 members (excludes halogenated alkanes) is 10. The normalized spacial score (nSPS) is 12.4. The van der Waals surface area contributed by atoms with Gasteiger partial charge in [0.15, 0.2) is 0 Å². The number of rotatable bonds is 22. The summed E-state index contributed by atoms with van der Waals surface area (Å²) in [5.74, 6) is 1.01. The molecule has 8 bridgehead atoms. The van der Waals surface area contributed by atoms with E-state index in [1.165, 1.54) is 24.3 Å². The standard InChI is InChI=1S/C58H68N4O10S2/c1-3-5-7-9-11-19-31-71-55-41-23-21-24-42(55)34-46-38-50(60-58(66)62-74(69,70)52-29-17-14-18-30-52)40-48(54(46)64)36-44-26-22-25-43(56(44)72-32-20-12-10-8-6-4-2)35-47-39-49(37-45(33-41)53(47)63)59-57(65)61-73(67,68)51-27-15-13-16-28-51/h13-18,21-30,37-40,63-64H,3-12,19-20,31-36H2,1-2H3,(H2,59,61,65)(H2,60,62,66). The minimum absolute atomic E-state index is 0.0225. The van der Waals surface area contributed by atoms with Crippen molar-refractivity contribution >= 4 is 43.5 Å². The molecular weight excluding hydrogens is 977 g/mol. The first kappa shape index (κ1) is 54.7. The van der Waals surface area contributed by atoms with Gasteiger partial charge in [-0.15, -0.1) is 0 Å².